The van der Waals surface area contributed by atoms with Crippen LogP contribution in [0, 0.1) is 47.3 Å². The zero-order chi connectivity index (χ0) is 45.2. The van der Waals surface area contributed by atoms with Gasteiger partial charge in [0, 0.05) is 43.8 Å². The summed E-state index contributed by atoms with van der Waals surface area (Å²) in [6.07, 6.45) is 2.62. The summed E-state index contributed by atoms with van der Waals surface area (Å²) in [6, 6.07) is 0. The van der Waals surface area contributed by atoms with Crippen molar-refractivity contribution in [2.75, 3.05) is 0 Å². The zero-order valence-corrected chi connectivity index (χ0v) is 49.9. The second-order valence-electron chi connectivity index (χ2n) is 22.4. The van der Waals surface area contributed by atoms with E-state index in [0.717, 1.165) is 0 Å². The van der Waals surface area contributed by atoms with E-state index in [4.69, 9.17) is 24.7 Å². The fraction of sp³-hybridized carbons (Fsp3) is 0.889. The first-order valence-electron chi connectivity index (χ1n) is 20.8. The summed E-state index contributed by atoms with van der Waals surface area (Å²) in [7, 11) is -18.3. The van der Waals surface area contributed by atoms with Gasteiger partial charge in [-0.1, -0.05) is 0 Å². The predicted octanol–water partition coefficient (Wildman–Crippen LogP) is 8.58. The molecule has 4 saturated carbocycles. The number of carboxylic acids is 4. The van der Waals surface area contributed by atoms with Crippen molar-refractivity contribution in [3.05, 3.63) is 0 Å². The predicted molar refractivity (Wildman–Crippen MR) is 243 cm³/mol. The van der Waals surface area contributed by atoms with Gasteiger partial charge in [0.1, 0.15) is 0 Å². The van der Waals surface area contributed by atoms with E-state index in [9.17, 15) is 39.6 Å². The zero-order valence-electron chi connectivity index (χ0n) is 39.1. The average Bonchev–Trinajstić information content (AvgIpc) is 3.70. The summed E-state index contributed by atoms with van der Waals surface area (Å²) in [5.74, 6) is -7.97. The van der Waals surface area contributed by atoms with Crippen LogP contribution in [-0.4, -0.2) is 112 Å². The van der Waals surface area contributed by atoms with Gasteiger partial charge >= 0.3 is 58.1 Å². The smallest absolute Gasteiger partial charge is 0.319 e. The van der Waals surface area contributed by atoms with Crippen molar-refractivity contribution in [3.8, 4) is 0 Å². The molecule has 4 bridgehead atoms. The third-order valence-corrected chi connectivity index (χ3v) is 39.7. The maximum atomic E-state index is 12.0. The molecule has 12 unspecified atom stereocenters. The Balaban J connectivity index is 0.000000400. The molecule has 0 heterocycles. The summed E-state index contributed by atoms with van der Waals surface area (Å²) in [5.41, 5.74) is -0.0409. The van der Waals surface area contributed by atoms with Crippen LogP contribution >= 0.6 is 0 Å². The van der Waals surface area contributed by atoms with Crippen molar-refractivity contribution in [3.63, 3.8) is 0 Å². The Hall–Kier alpha value is 0.479. The van der Waals surface area contributed by atoms with Crippen molar-refractivity contribution in [2.45, 2.75) is 155 Å². The minimum absolute atomic E-state index is 0. The maximum Gasteiger partial charge on any atom is 0.319 e. The Bertz CT molecular complexity index is 1430. The van der Waals surface area contributed by atoms with Crippen molar-refractivity contribution < 1.29 is 97.0 Å². The van der Waals surface area contributed by atoms with Gasteiger partial charge in [-0.25, -0.2) is 0 Å². The van der Waals surface area contributed by atoms with E-state index in [2.05, 4.69) is 91.7 Å². The number of hydrogen-bond acceptors (Lipinski definition) is 10. The molecule has 0 aliphatic heterocycles. The Labute approximate surface area is 387 Å². The molecule has 0 aromatic heterocycles. The molecular weight excluding hydrogens is 970 g/mol. The van der Waals surface area contributed by atoms with Gasteiger partial charge < -0.3 is 45.1 Å². The van der Waals surface area contributed by atoms with E-state index in [-0.39, 0.29) is 67.5 Å². The van der Waals surface area contributed by atoms with Crippen LogP contribution in [0.1, 0.15) is 25.7 Å². The molecule has 4 aliphatic carbocycles. The SMILES string of the molecule is C[Si](C)(C)O[Si](C)(C)O[Si](C)(O[Si](C)(C)C)C1CC2CC1C(C(=O)O)C2C(=O)O.C[Si](C)(C)O[Si](C)(C)O[Si](C)(O[Si](C)(C)C)C1CC2CC1C(C(=O)O)C2C(=O)O.[Y]. The van der Waals surface area contributed by atoms with Gasteiger partial charge in [-0.3, -0.25) is 19.2 Å². The van der Waals surface area contributed by atoms with Gasteiger partial charge in [-0.2, -0.15) is 0 Å². The van der Waals surface area contributed by atoms with E-state index in [1.807, 2.05) is 26.2 Å². The second kappa shape index (κ2) is 19.1. The normalized spacial score (nSPS) is 31.7. The van der Waals surface area contributed by atoms with Gasteiger partial charge in [0.05, 0.1) is 23.7 Å². The number of aliphatic carboxylic acids is 4. The third kappa shape index (κ3) is 14.7. The fourth-order valence-corrected chi connectivity index (χ4v) is 49.0. The molecule has 59 heavy (non-hydrogen) atoms. The minimum atomic E-state index is -2.83. The summed E-state index contributed by atoms with van der Waals surface area (Å²) in [6.45, 7) is 37.9. The van der Waals surface area contributed by atoms with Crippen molar-refractivity contribution in [1.82, 2.24) is 0 Å². The monoisotopic (exact) mass is 1050 g/mol. The molecule has 1 radical (unpaired) electrons. The Kier molecular flexibility index (Phi) is 18.0. The van der Waals surface area contributed by atoms with E-state index in [1.54, 1.807) is 0 Å². The third-order valence-electron chi connectivity index (χ3n) is 11.5. The average molecular weight is 1050 g/mol. The molecule has 4 N–H and O–H groups in total. The molecule has 12 atom stereocenters. The molecule has 23 heteroatoms. The largest absolute Gasteiger partial charge is 0.481 e. The summed E-state index contributed by atoms with van der Waals surface area (Å²) in [4.78, 5) is 47.5. The van der Waals surface area contributed by atoms with Crippen molar-refractivity contribution >= 4 is 91.4 Å². The quantitative estimate of drug-likeness (QED) is 0.0950. The van der Waals surface area contributed by atoms with E-state index < -0.39 is 115 Å². The van der Waals surface area contributed by atoms with E-state index in [1.165, 1.54) is 0 Å². The molecule has 0 saturated heterocycles. The molecule has 4 aliphatic rings. The van der Waals surface area contributed by atoms with Crippen LogP contribution in [0.3, 0.4) is 0 Å². The van der Waals surface area contributed by atoms with Crippen LogP contribution in [0.5, 0.6) is 0 Å². The Morgan fingerprint density at radius 1 is 0.373 bits per heavy atom. The van der Waals surface area contributed by atoms with Gasteiger partial charge in [0.15, 0.2) is 33.3 Å². The first-order valence-corrected chi connectivity index (χ1v) is 44.9. The van der Waals surface area contributed by atoms with Crippen LogP contribution in [0.4, 0.5) is 0 Å². The summed E-state index contributed by atoms with van der Waals surface area (Å²) >= 11 is 0. The topological polar surface area (TPSA) is 205 Å². The van der Waals surface area contributed by atoms with Crippen LogP contribution in [0.25, 0.3) is 0 Å². The molecule has 339 valence electrons. The standard InChI is InChI=1S/2C18H38O7Si4.Y/c2*1-26(2,3)23-28(7,8)25-29(9,24-27(4,5)6)14-11-12-10-13(14)16(18(21)22)15(12)17(19)20;/h2*12-16H,10-11H2,1-9H3,(H,19,20)(H,21,22);. The summed E-state index contributed by atoms with van der Waals surface area (Å²) < 4.78 is 39.9. The Morgan fingerprint density at radius 2 is 0.610 bits per heavy atom. The molecular formula is C36H76O14Si8Y. The molecule has 0 aromatic carbocycles. The molecule has 0 spiro atoms. The molecule has 4 rings (SSSR count). The molecule has 0 aromatic rings. The maximum absolute atomic E-state index is 12.0. The van der Waals surface area contributed by atoms with Gasteiger partial charge in [-0.15, -0.1) is 0 Å². The van der Waals surface area contributed by atoms with Gasteiger partial charge in [0.2, 0.25) is 0 Å². The first kappa shape index (κ1) is 55.6. The van der Waals surface area contributed by atoms with Crippen LogP contribution in [0.2, 0.25) is 129 Å². The van der Waals surface area contributed by atoms with Gasteiger partial charge in [-0.05, 0) is 167 Å². The van der Waals surface area contributed by atoms with Gasteiger partial charge in [0.25, 0.3) is 0 Å². The fourth-order valence-electron chi connectivity index (χ4n) is 11.4. The molecule has 14 nitrogen and oxygen atoms in total. The van der Waals surface area contributed by atoms with Crippen molar-refractivity contribution in [2.24, 2.45) is 47.3 Å². The number of carbonyl (C=O) groups is 4. The minimum Gasteiger partial charge on any atom is -0.481 e. The number of hydrogen-bond donors (Lipinski definition) is 4. The molecule has 0 amide bonds. The van der Waals surface area contributed by atoms with Crippen LogP contribution in [-0.2, 0) is 76.6 Å². The van der Waals surface area contributed by atoms with Crippen molar-refractivity contribution in [1.29, 1.82) is 0 Å². The van der Waals surface area contributed by atoms with E-state index >= 15 is 0 Å². The Morgan fingerprint density at radius 3 is 0.814 bits per heavy atom. The molecule has 4 fully saturated rings. The second-order valence-corrected chi connectivity index (χ2v) is 55.3. The first-order chi connectivity index (χ1) is 25.7. The number of carboxylic acid groups (broad SMARTS) is 4. The van der Waals surface area contributed by atoms with Crippen LogP contribution in [0.15, 0.2) is 0 Å². The van der Waals surface area contributed by atoms with Crippen LogP contribution < -0.4 is 0 Å². The number of fused-ring (bicyclic) bond motifs is 4. The summed E-state index contributed by atoms with van der Waals surface area (Å²) in [5, 5.41) is 38.9. The van der Waals surface area contributed by atoms with E-state index in [0.29, 0.717) is 25.7 Å². The number of rotatable bonds is 18.